The van der Waals surface area contributed by atoms with Crippen molar-refractivity contribution in [2.45, 2.75) is 25.9 Å². The topological polar surface area (TPSA) is 80.6 Å². The van der Waals surface area contributed by atoms with Crippen LogP contribution in [0, 0.1) is 0 Å². The molecule has 1 atom stereocenters. The highest BCUT2D eigenvalue weighted by atomic mass is 16.5. The summed E-state index contributed by atoms with van der Waals surface area (Å²) >= 11 is 0. The predicted octanol–water partition coefficient (Wildman–Crippen LogP) is 3.24. The highest BCUT2D eigenvalue weighted by molar-refractivity contribution is 5.94. The molecule has 2 aromatic carbocycles. The van der Waals surface area contributed by atoms with Gasteiger partial charge in [0.2, 0.25) is 0 Å². The van der Waals surface area contributed by atoms with Crippen molar-refractivity contribution in [3.63, 3.8) is 0 Å². The zero-order valence-corrected chi connectivity index (χ0v) is 19.2. The zero-order valence-electron chi connectivity index (χ0n) is 19.2. The van der Waals surface area contributed by atoms with Gasteiger partial charge in [0.25, 0.3) is 17.4 Å². The maximum atomic E-state index is 13.1. The van der Waals surface area contributed by atoms with Crippen LogP contribution in [-0.4, -0.2) is 42.0 Å². The maximum absolute atomic E-state index is 13.1. The second-order valence-corrected chi connectivity index (χ2v) is 7.89. The first-order valence-corrected chi connectivity index (χ1v) is 10.9. The highest BCUT2D eigenvalue weighted by Crippen LogP contribution is 2.27. The molecule has 1 unspecified atom stereocenters. The third-order valence-electron chi connectivity index (χ3n) is 5.32. The van der Waals surface area contributed by atoms with Gasteiger partial charge in [0, 0.05) is 25.9 Å². The van der Waals surface area contributed by atoms with E-state index in [0.717, 1.165) is 11.1 Å². The average Bonchev–Trinajstić information content (AvgIpc) is 2.83. The highest BCUT2D eigenvalue weighted by Gasteiger charge is 2.20. The van der Waals surface area contributed by atoms with Gasteiger partial charge in [-0.05, 0) is 30.2 Å². The Labute approximate surface area is 193 Å². The number of pyridine rings is 1. The number of ether oxygens (including phenoxy) is 1. The minimum atomic E-state index is -0.451. The third kappa shape index (κ3) is 6.10. The summed E-state index contributed by atoms with van der Waals surface area (Å²) in [7, 11) is 3.33. The number of likely N-dealkylation sites (N-methyl/N-ethyl adjacent to an activating group) is 1. The van der Waals surface area contributed by atoms with Crippen LogP contribution in [0.5, 0.6) is 5.75 Å². The van der Waals surface area contributed by atoms with Crippen molar-refractivity contribution >= 4 is 11.8 Å². The number of nitrogens with one attached hydrogen (secondary N) is 1. The van der Waals surface area contributed by atoms with Gasteiger partial charge in [0.1, 0.15) is 11.3 Å². The van der Waals surface area contributed by atoms with Gasteiger partial charge in [-0.3, -0.25) is 14.4 Å². The molecule has 0 saturated carbocycles. The molecule has 0 aliphatic heterocycles. The number of hydrogen-bond donors (Lipinski definition) is 1. The molecule has 3 rings (SSSR count). The predicted molar refractivity (Wildman–Crippen MR) is 127 cm³/mol. The number of rotatable bonds is 9. The molecule has 0 bridgehead atoms. The molecule has 7 nitrogen and oxygen atoms in total. The summed E-state index contributed by atoms with van der Waals surface area (Å²) in [5.41, 5.74) is 1.45. The van der Waals surface area contributed by atoms with Crippen molar-refractivity contribution in [2.75, 3.05) is 20.7 Å². The van der Waals surface area contributed by atoms with E-state index in [1.54, 1.807) is 32.4 Å². The average molecular weight is 448 g/mol. The van der Waals surface area contributed by atoms with E-state index in [2.05, 4.69) is 5.32 Å². The van der Waals surface area contributed by atoms with Gasteiger partial charge in [-0.2, -0.15) is 0 Å². The first-order chi connectivity index (χ1) is 15.9. The van der Waals surface area contributed by atoms with Crippen LogP contribution < -0.4 is 15.6 Å². The smallest absolute Gasteiger partial charge is 0.263 e. The van der Waals surface area contributed by atoms with E-state index in [1.807, 2.05) is 55.5 Å². The van der Waals surface area contributed by atoms with Crippen molar-refractivity contribution in [1.82, 2.24) is 14.8 Å². The molecule has 0 aliphatic carbocycles. The summed E-state index contributed by atoms with van der Waals surface area (Å²) in [5, 5.41) is 2.95. The molecule has 33 heavy (non-hydrogen) atoms. The molecule has 7 heteroatoms. The number of amides is 2. The summed E-state index contributed by atoms with van der Waals surface area (Å²) in [6.45, 7) is 2.22. The standard InChI is InChI=1S/C26H29N3O4/c1-4-22(20-13-8-9-15-23(20)33-18-24(30)28(2)3)27-25(31)21-14-10-16-29(26(21)32)17-19-11-6-5-7-12-19/h5-16,22H,4,17-18H2,1-3H3,(H,27,31). The van der Waals surface area contributed by atoms with Crippen LogP contribution in [0.15, 0.2) is 77.7 Å². The molecule has 0 saturated heterocycles. The van der Waals surface area contributed by atoms with Crippen LogP contribution in [0.1, 0.15) is 40.9 Å². The first-order valence-electron chi connectivity index (χ1n) is 10.9. The SMILES string of the molecule is CCC(NC(=O)c1cccn(Cc2ccccc2)c1=O)c1ccccc1OCC(=O)N(C)C. The third-order valence-corrected chi connectivity index (χ3v) is 5.32. The van der Waals surface area contributed by atoms with Gasteiger partial charge in [0.05, 0.1) is 12.6 Å². The summed E-state index contributed by atoms with van der Waals surface area (Å²) < 4.78 is 7.25. The molecule has 3 aromatic rings. The van der Waals surface area contributed by atoms with Crippen LogP contribution in [0.2, 0.25) is 0 Å². The van der Waals surface area contributed by atoms with E-state index < -0.39 is 5.91 Å². The Kier molecular flexibility index (Phi) is 8.02. The monoisotopic (exact) mass is 447 g/mol. The lowest BCUT2D eigenvalue weighted by Crippen LogP contribution is -2.35. The van der Waals surface area contributed by atoms with Crippen LogP contribution >= 0.6 is 0 Å². The summed E-state index contributed by atoms with van der Waals surface area (Å²) in [6, 6.07) is 19.7. The fourth-order valence-electron chi connectivity index (χ4n) is 3.42. The molecule has 0 radical (unpaired) electrons. The van der Waals surface area contributed by atoms with Crippen LogP contribution in [0.4, 0.5) is 0 Å². The minimum Gasteiger partial charge on any atom is -0.483 e. The lowest BCUT2D eigenvalue weighted by molar-refractivity contribution is -0.130. The molecule has 0 fully saturated rings. The molecule has 172 valence electrons. The van der Waals surface area contributed by atoms with Gasteiger partial charge >= 0.3 is 0 Å². The van der Waals surface area contributed by atoms with Crippen molar-refractivity contribution in [2.24, 2.45) is 0 Å². The quantitative estimate of drug-likeness (QED) is 0.546. The maximum Gasteiger partial charge on any atom is 0.263 e. The van der Waals surface area contributed by atoms with E-state index in [1.165, 1.54) is 15.5 Å². The number of carbonyl (C=O) groups excluding carboxylic acids is 2. The molecule has 1 heterocycles. The molecule has 0 spiro atoms. The molecular formula is C26H29N3O4. The number of carbonyl (C=O) groups is 2. The fraction of sp³-hybridized carbons (Fsp3) is 0.269. The Morgan fingerprint density at radius 3 is 2.39 bits per heavy atom. The van der Waals surface area contributed by atoms with Crippen LogP contribution in [0.3, 0.4) is 0 Å². The van der Waals surface area contributed by atoms with Crippen molar-refractivity contribution in [3.8, 4) is 5.75 Å². The van der Waals surface area contributed by atoms with E-state index in [0.29, 0.717) is 18.7 Å². The van der Waals surface area contributed by atoms with E-state index >= 15 is 0 Å². The lowest BCUT2D eigenvalue weighted by atomic mass is 10.0. The Morgan fingerprint density at radius 1 is 1.00 bits per heavy atom. The molecular weight excluding hydrogens is 418 g/mol. The summed E-state index contributed by atoms with van der Waals surface area (Å²) in [4.78, 5) is 39.4. The molecule has 0 aliphatic rings. The zero-order chi connectivity index (χ0) is 23.8. The van der Waals surface area contributed by atoms with Gasteiger partial charge in [-0.1, -0.05) is 55.5 Å². The van der Waals surface area contributed by atoms with Gasteiger partial charge in [-0.15, -0.1) is 0 Å². The fourth-order valence-corrected chi connectivity index (χ4v) is 3.42. The molecule has 1 aromatic heterocycles. The van der Waals surface area contributed by atoms with Gasteiger partial charge in [-0.25, -0.2) is 0 Å². The van der Waals surface area contributed by atoms with E-state index in [-0.39, 0.29) is 29.7 Å². The Morgan fingerprint density at radius 2 is 1.70 bits per heavy atom. The Balaban J connectivity index is 1.79. The van der Waals surface area contributed by atoms with Crippen LogP contribution in [-0.2, 0) is 11.3 Å². The first kappa shape index (κ1) is 23.8. The number of benzene rings is 2. The van der Waals surface area contributed by atoms with Crippen molar-refractivity contribution < 1.29 is 14.3 Å². The van der Waals surface area contributed by atoms with Gasteiger partial charge < -0.3 is 19.5 Å². The van der Waals surface area contributed by atoms with E-state index in [9.17, 15) is 14.4 Å². The Bertz CT molecular complexity index is 1160. The number of aromatic nitrogens is 1. The normalized spacial score (nSPS) is 11.5. The molecule has 1 N–H and O–H groups in total. The van der Waals surface area contributed by atoms with E-state index in [4.69, 9.17) is 4.74 Å². The largest absolute Gasteiger partial charge is 0.483 e. The number of para-hydroxylation sites is 1. The Hall–Kier alpha value is -3.87. The van der Waals surface area contributed by atoms with Gasteiger partial charge in [0.15, 0.2) is 6.61 Å². The summed E-state index contributed by atoms with van der Waals surface area (Å²) in [6.07, 6.45) is 2.26. The second kappa shape index (κ2) is 11.1. The second-order valence-electron chi connectivity index (χ2n) is 7.89. The lowest BCUT2D eigenvalue weighted by Gasteiger charge is -2.21. The number of hydrogen-bond acceptors (Lipinski definition) is 4. The summed E-state index contributed by atoms with van der Waals surface area (Å²) in [5.74, 6) is -0.0898. The molecule has 2 amide bonds. The van der Waals surface area contributed by atoms with Crippen molar-refractivity contribution in [1.29, 1.82) is 0 Å². The number of nitrogens with zero attached hydrogens (tertiary/aromatic N) is 2. The van der Waals surface area contributed by atoms with Crippen LogP contribution in [0.25, 0.3) is 0 Å². The minimum absolute atomic E-state index is 0.0769. The van der Waals surface area contributed by atoms with Crippen molar-refractivity contribution in [3.05, 3.63) is 100.0 Å².